The molecule has 0 radical (unpaired) electrons. The van der Waals surface area contributed by atoms with E-state index in [0.29, 0.717) is 5.15 Å². The average Bonchev–Trinajstić information content (AvgIpc) is 3.05. The Bertz CT molecular complexity index is 622. The van der Waals surface area contributed by atoms with E-state index >= 15 is 0 Å². The Morgan fingerprint density at radius 1 is 1.28 bits per heavy atom. The van der Waals surface area contributed by atoms with E-state index in [1.54, 1.807) is 23.0 Å². The Balaban J connectivity index is 1.95. The van der Waals surface area contributed by atoms with Crippen LogP contribution in [0.1, 0.15) is 18.4 Å². The van der Waals surface area contributed by atoms with Crippen molar-refractivity contribution in [3.63, 3.8) is 0 Å². The fourth-order valence-electron chi connectivity index (χ4n) is 2.06. The molecule has 1 heterocycles. The Hall–Kier alpha value is -1.90. The summed E-state index contributed by atoms with van der Waals surface area (Å²) in [6, 6.07) is 9.50. The SMILES string of the molecule is O=C=NC1(c2ccc(-n3nccc3Cl)cc2)CC1. The monoisotopic (exact) mass is 259 g/mol. The third-order valence-electron chi connectivity index (χ3n) is 3.23. The Labute approximate surface area is 109 Å². The Morgan fingerprint density at radius 2 is 2.00 bits per heavy atom. The van der Waals surface area contributed by atoms with Crippen molar-refractivity contribution in [3.05, 3.63) is 47.2 Å². The van der Waals surface area contributed by atoms with Crippen LogP contribution in [-0.4, -0.2) is 15.9 Å². The van der Waals surface area contributed by atoms with E-state index in [1.807, 2.05) is 24.3 Å². The van der Waals surface area contributed by atoms with Gasteiger partial charge >= 0.3 is 0 Å². The number of hydrogen-bond acceptors (Lipinski definition) is 3. The van der Waals surface area contributed by atoms with Crippen LogP contribution in [0, 0.1) is 0 Å². The van der Waals surface area contributed by atoms with Crippen molar-refractivity contribution < 1.29 is 4.79 Å². The third-order valence-corrected chi connectivity index (χ3v) is 3.52. The lowest BCUT2D eigenvalue weighted by Gasteiger charge is -2.09. The van der Waals surface area contributed by atoms with Crippen LogP contribution in [-0.2, 0) is 10.3 Å². The lowest BCUT2D eigenvalue weighted by Crippen LogP contribution is -2.03. The first-order valence-corrected chi connectivity index (χ1v) is 6.02. The van der Waals surface area contributed by atoms with Crippen molar-refractivity contribution in [2.45, 2.75) is 18.4 Å². The molecule has 1 aromatic carbocycles. The minimum atomic E-state index is -0.325. The molecule has 0 amide bonds. The van der Waals surface area contributed by atoms with Gasteiger partial charge < -0.3 is 0 Å². The standard InChI is InChI=1S/C13H10ClN3O/c14-12-5-8-16-17(12)11-3-1-10(2-4-11)13(6-7-13)15-9-18/h1-5,8H,6-7H2. The maximum atomic E-state index is 10.4. The molecule has 0 atom stereocenters. The molecule has 4 nitrogen and oxygen atoms in total. The van der Waals surface area contributed by atoms with Gasteiger partial charge in [0.1, 0.15) is 5.15 Å². The zero-order valence-corrected chi connectivity index (χ0v) is 10.3. The van der Waals surface area contributed by atoms with E-state index in [1.165, 1.54) is 0 Å². The molecule has 5 heteroatoms. The number of benzene rings is 1. The van der Waals surface area contributed by atoms with Crippen LogP contribution in [0.3, 0.4) is 0 Å². The highest BCUT2D eigenvalue weighted by atomic mass is 35.5. The summed E-state index contributed by atoms with van der Waals surface area (Å²) < 4.78 is 1.65. The summed E-state index contributed by atoms with van der Waals surface area (Å²) in [5.74, 6) is 0. The molecule has 1 aliphatic rings. The zero-order chi connectivity index (χ0) is 12.6. The second-order valence-corrected chi connectivity index (χ2v) is 4.73. The third kappa shape index (κ3) is 1.76. The van der Waals surface area contributed by atoms with Gasteiger partial charge in [0.15, 0.2) is 0 Å². The van der Waals surface area contributed by atoms with Crippen LogP contribution in [0.4, 0.5) is 0 Å². The smallest absolute Gasteiger partial charge is 0.222 e. The summed E-state index contributed by atoms with van der Waals surface area (Å²) in [7, 11) is 0. The zero-order valence-electron chi connectivity index (χ0n) is 9.51. The second kappa shape index (κ2) is 4.09. The Morgan fingerprint density at radius 3 is 2.50 bits per heavy atom. The van der Waals surface area contributed by atoms with Crippen LogP contribution in [0.5, 0.6) is 0 Å². The van der Waals surface area contributed by atoms with Gasteiger partial charge in [0.25, 0.3) is 0 Å². The van der Waals surface area contributed by atoms with Gasteiger partial charge in [0.05, 0.1) is 17.4 Å². The van der Waals surface area contributed by atoms with Crippen LogP contribution >= 0.6 is 11.6 Å². The summed E-state index contributed by atoms with van der Waals surface area (Å²) in [5.41, 5.74) is 1.60. The number of aliphatic imine (C=N–C) groups is 1. The van der Waals surface area contributed by atoms with Crippen molar-refractivity contribution in [2.75, 3.05) is 0 Å². The summed E-state index contributed by atoms with van der Waals surface area (Å²) >= 11 is 6.00. The fourth-order valence-corrected chi connectivity index (χ4v) is 2.26. The molecule has 1 aromatic heterocycles. The lowest BCUT2D eigenvalue weighted by atomic mass is 10.1. The first-order chi connectivity index (χ1) is 8.75. The number of hydrogen-bond donors (Lipinski definition) is 0. The Kier molecular flexibility index (Phi) is 2.54. The molecule has 3 rings (SSSR count). The van der Waals surface area contributed by atoms with Gasteiger partial charge in [-0.25, -0.2) is 9.48 Å². The first kappa shape index (κ1) is 11.2. The van der Waals surface area contributed by atoms with Gasteiger partial charge in [-0.1, -0.05) is 23.7 Å². The van der Waals surface area contributed by atoms with Gasteiger partial charge in [-0.2, -0.15) is 10.1 Å². The summed E-state index contributed by atoms with van der Waals surface area (Å²) in [6.07, 6.45) is 5.12. The minimum absolute atomic E-state index is 0.325. The number of isocyanates is 1. The normalized spacial score (nSPS) is 16.1. The molecule has 0 N–H and O–H groups in total. The van der Waals surface area contributed by atoms with Crippen LogP contribution in [0.2, 0.25) is 5.15 Å². The van der Waals surface area contributed by atoms with Crippen LogP contribution in [0.15, 0.2) is 41.5 Å². The van der Waals surface area contributed by atoms with E-state index in [-0.39, 0.29) is 5.54 Å². The molecule has 1 fully saturated rings. The number of aromatic nitrogens is 2. The molecular weight excluding hydrogens is 250 g/mol. The molecule has 90 valence electrons. The van der Waals surface area contributed by atoms with E-state index in [9.17, 15) is 4.79 Å². The second-order valence-electron chi connectivity index (χ2n) is 4.35. The summed E-state index contributed by atoms with van der Waals surface area (Å²) in [5, 5.41) is 4.69. The number of rotatable bonds is 3. The van der Waals surface area contributed by atoms with Gasteiger partial charge in [-0.15, -0.1) is 0 Å². The molecule has 1 aliphatic carbocycles. The van der Waals surface area contributed by atoms with E-state index in [0.717, 1.165) is 24.1 Å². The van der Waals surface area contributed by atoms with Crippen molar-refractivity contribution in [3.8, 4) is 5.69 Å². The molecule has 0 unspecified atom stereocenters. The van der Waals surface area contributed by atoms with Gasteiger partial charge in [-0.3, -0.25) is 0 Å². The molecule has 0 aliphatic heterocycles. The predicted molar refractivity (Wildman–Crippen MR) is 67.6 cm³/mol. The highest BCUT2D eigenvalue weighted by Gasteiger charge is 2.44. The number of carbonyl (C=O) groups excluding carboxylic acids is 1. The predicted octanol–water partition coefficient (Wildman–Crippen LogP) is 2.85. The molecule has 0 bridgehead atoms. The summed E-state index contributed by atoms with van der Waals surface area (Å²) in [4.78, 5) is 14.3. The average molecular weight is 260 g/mol. The van der Waals surface area contributed by atoms with E-state index < -0.39 is 0 Å². The molecule has 2 aromatic rings. The fraction of sp³-hybridized carbons (Fsp3) is 0.231. The lowest BCUT2D eigenvalue weighted by molar-refractivity contribution is 0.556. The minimum Gasteiger partial charge on any atom is -0.222 e. The van der Waals surface area contributed by atoms with Gasteiger partial charge in [-0.05, 0) is 36.6 Å². The van der Waals surface area contributed by atoms with E-state index in [2.05, 4.69) is 10.1 Å². The highest BCUT2D eigenvalue weighted by molar-refractivity contribution is 6.29. The molecule has 0 spiro atoms. The van der Waals surface area contributed by atoms with Crippen LogP contribution in [0.25, 0.3) is 5.69 Å². The van der Waals surface area contributed by atoms with Gasteiger partial charge in [0.2, 0.25) is 6.08 Å². The maximum Gasteiger partial charge on any atom is 0.235 e. The molecule has 18 heavy (non-hydrogen) atoms. The van der Waals surface area contributed by atoms with Crippen molar-refractivity contribution >= 4 is 17.7 Å². The number of nitrogens with zero attached hydrogens (tertiary/aromatic N) is 3. The maximum absolute atomic E-state index is 10.4. The molecular formula is C13H10ClN3O. The summed E-state index contributed by atoms with van der Waals surface area (Å²) in [6.45, 7) is 0. The van der Waals surface area contributed by atoms with Crippen LogP contribution < -0.4 is 0 Å². The van der Waals surface area contributed by atoms with Crippen molar-refractivity contribution in [1.82, 2.24) is 9.78 Å². The topological polar surface area (TPSA) is 47.2 Å². The first-order valence-electron chi connectivity index (χ1n) is 5.65. The highest BCUT2D eigenvalue weighted by Crippen LogP contribution is 2.49. The quantitative estimate of drug-likeness (QED) is 0.629. The van der Waals surface area contributed by atoms with Gasteiger partial charge in [0, 0.05) is 0 Å². The van der Waals surface area contributed by atoms with Crippen molar-refractivity contribution in [1.29, 1.82) is 0 Å². The van der Waals surface area contributed by atoms with E-state index in [4.69, 9.17) is 11.6 Å². The van der Waals surface area contributed by atoms with Crippen molar-refractivity contribution in [2.24, 2.45) is 4.99 Å². The molecule has 1 saturated carbocycles. The number of halogens is 1. The largest absolute Gasteiger partial charge is 0.235 e. The molecule has 0 saturated heterocycles.